The zero-order valence-electron chi connectivity index (χ0n) is 13.7. The molecule has 1 unspecified atom stereocenters. The molecule has 0 fully saturated rings. The fourth-order valence-corrected chi connectivity index (χ4v) is 3.72. The Morgan fingerprint density at radius 1 is 1.08 bits per heavy atom. The lowest BCUT2D eigenvalue weighted by atomic mass is 10.1. The standard InChI is InChI=1S/C17H19ClN2O3S/c1-12(13-4-8-15(18)9-5-13)20(3)24(22,23)16-10-6-14(7-11-16)17(21)19-2/h4-12H,1-3H3,(H,19,21). The van der Waals surface area contributed by atoms with Crippen molar-refractivity contribution in [3.63, 3.8) is 0 Å². The van der Waals surface area contributed by atoms with Crippen molar-refractivity contribution in [2.45, 2.75) is 17.9 Å². The molecule has 0 spiro atoms. The van der Waals surface area contributed by atoms with Crippen LogP contribution in [0.1, 0.15) is 28.9 Å². The summed E-state index contributed by atoms with van der Waals surface area (Å²) in [5.41, 5.74) is 1.25. The Morgan fingerprint density at radius 2 is 1.62 bits per heavy atom. The van der Waals surface area contributed by atoms with Gasteiger partial charge in [0, 0.05) is 30.7 Å². The minimum atomic E-state index is -3.68. The summed E-state index contributed by atoms with van der Waals surface area (Å²) in [4.78, 5) is 11.7. The monoisotopic (exact) mass is 366 g/mol. The maximum atomic E-state index is 12.8. The average Bonchev–Trinajstić information content (AvgIpc) is 2.60. The van der Waals surface area contributed by atoms with Crippen molar-refractivity contribution in [3.05, 3.63) is 64.7 Å². The zero-order valence-corrected chi connectivity index (χ0v) is 15.2. The van der Waals surface area contributed by atoms with Crippen molar-refractivity contribution in [2.75, 3.05) is 14.1 Å². The minimum absolute atomic E-state index is 0.137. The first-order chi connectivity index (χ1) is 11.3. The third-order valence-electron chi connectivity index (χ3n) is 3.92. The van der Waals surface area contributed by atoms with Gasteiger partial charge in [-0.1, -0.05) is 23.7 Å². The third-order valence-corrected chi connectivity index (χ3v) is 6.11. The molecule has 2 aromatic carbocycles. The number of benzene rings is 2. The highest BCUT2D eigenvalue weighted by Gasteiger charge is 2.26. The van der Waals surface area contributed by atoms with Gasteiger partial charge in [-0.2, -0.15) is 4.31 Å². The summed E-state index contributed by atoms with van der Waals surface area (Å²) in [6, 6.07) is 12.6. The smallest absolute Gasteiger partial charge is 0.251 e. The summed E-state index contributed by atoms with van der Waals surface area (Å²) in [6.45, 7) is 1.81. The van der Waals surface area contributed by atoms with Gasteiger partial charge >= 0.3 is 0 Å². The van der Waals surface area contributed by atoms with Crippen LogP contribution in [-0.4, -0.2) is 32.7 Å². The van der Waals surface area contributed by atoms with Crippen LogP contribution in [0.5, 0.6) is 0 Å². The summed E-state index contributed by atoms with van der Waals surface area (Å²) in [5.74, 6) is -0.262. The lowest BCUT2D eigenvalue weighted by Gasteiger charge is -2.24. The van der Waals surface area contributed by atoms with Crippen molar-refractivity contribution in [1.29, 1.82) is 0 Å². The van der Waals surface area contributed by atoms with E-state index in [0.29, 0.717) is 10.6 Å². The Labute approximate surface area is 147 Å². The molecule has 0 saturated carbocycles. The van der Waals surface area contributed by atoms with Crippen LogP contribution in [0.4, 0.5) is 0 Å². The number of hydrogen-bond acceptors (Lipinski definition) is 3. The molecule has 2 aromatic rings. The first-order valence-corrected chi connectivity index (χ1v) is 9.15. The van der Waals surface area contributed by atoms with Gasteiger partial charge in [-0.15, -0.1) is 0 Å². The van der Waals surface area contributed by atoms with E-state index in [4.69, 9.17) is 11.6 Å². The van der Waals surface area contributed by atoms with Gasteiger partial charge in [-0.05, 0) is 48.9 Å². The summed E-state index contributed by atoms with van der Waals surface area (Å²) in [5, 5.41) is 3.10. The van der Waals surface area contributed by atoms with Crippen molar-refractivity contribution < 1.29 is 13.2 Å². The van der Waals surface area contributed by atoms with Crippen molar-refractivity contribution in [3.8, 4) is 0 Å². The van der Waals surface area contributed by atoms with E-state index in [1.807, 2.05) is 0 Å². The highest BCUT2D eigenvalue weighted by molar-refractivity contribution is 7.89. The van der Waals surface area contributed by atoms with E-state index in [1.54, 1.807) is 31.2 Å². The van der Waals surface area contributed by atoms with Gasteiger partial charge in [0.1, 0.15) is 0 Å². The van der Waals surface area contributed by atoms with Gasteiger partial charge < -0.3 is 5.32 Å². The maximum Gasteiger partial charge on any atom is 0.251 e. The lowest BCUT2D eigenvalue weighted by molar-refractivity contribution is 0.0963. The molecule has 5 nitrogen and oxygen atoms in total. The quantitative estimate of drug-likeness (QED) is 0.884. The zero-order chi connectivity index (χ0) is 17.9. The summed E-state index contributed by atoms with van der Waals surface area (Å²) in [6.07, 6.45) is 0. The number of halogens is 1. The number of rotatable bonds is 5. The van der Waals surface area contributed by atoms with E-state index >= 15 is 0 Å². The summed E-state index contributed by atoms with van der Waals surface area (Å²) in [7, 11) is -0.626. The molecule has 0 saturated heterocycles. The van der Waals surface area contributed by atoms with Crippen LogP contribution in [0.25, 0.3) is 0 Å². The molecule has 1 N–H and O–H groups in total. The first-order valence-electron chi connectivity index (χ1n) is 7.33. The molecule has 128 valence electrons. The van der Waals surface area contributed by atoms with Crippen LogP contribution < -0.4 is 5.32 Å². The molecular weight excluding hydrogens is 348 g/mol. The van der Waals surface area contributed by atoms with Gasteiger partial charge in [0.15, 0.2) is 0 Å². The highest BCUT2D eigenvalue weighted by Crippen LogP contribution is 2.26. The van der Waals surface area contributed by atoms with Crippen LogP contribution in [0.3, 0.4) is 0 Å². The number of carbonyl (C=O) groups excluding carboxylic acids is 1. The average molecular weight is 367 g/mol. The maximum absolute atomic E-state index is 12.8. The molecule has 24 heavy (non-hydrogen) atoms. The Hall–Kier alpha value is -1.89. The topological polar surface area (TPSA) is 66.5 Å². The van der Waals surface area contributed by atoms with Crippen LogP contribution >= 0.6 is 11.6 Å². The SMILES string of the molecule is CNC(=O)c1ccc(S(=O)(=O)N(C)C(C)c2ccc(Cl)cc2)cc1. The minimum Gasteiger partial charge on any atom is -0.355 e. The van der Waals surface area contributed by atoms with Crippen LogP contribution in [0, 0.1) is 0 Å². The second-order valence-electron chi connectivity index (χ2n) is 5.35. The highest BCUT2D eigenvalue weighted by atomic mass is 35.5. The molecule has 7 heteroatoms. The molecule has 1 amide bonds. The fraction of sp³-hybridized carbons (Fsp3) is 0.235. The largest absolute Gasteiger partial charge is 0.355 e. The van der Waals surface area contributed by atoms with E-state index in [0.717, 1.165) is 5.56 Å². The van der Waals surface area contributed by atoms with E-state index in [2.05, 4.69) is 5.32 Å². The molecule has 0 heterocycles. The Balaban J connectivity index is 2.28. The van der Waals surface area contributed by atoms with E-state index < -0.39 is 10.0 Å². The van der Waals surface area contributed by atoms with E-state index in [-0.39, 0.29) is 16.8 Å². The summed E-state index contributed by atoms with van der Waals surface area (Å²) < 4.78 is 26.8. The van der Waals surface area contributed by atoms with Gasteiger partial charge in [0.05, 0.1) is 4.90 Å². The summed E-state index contributed by atoms with van der Waals surface area (Å²) >= 11 is 5.87. The van der Waals surface area contributed by atoms with Gasteiger partial charge in [0.25, 0.3) is 5.91 Å². The predicted octanol–water partition coefficient (Wildman–Crippen LogP) is 3.08. The molecule has 0 aliphatic carbocycles. The van der Waals surface area contributed by atoms with E-state index in [1.165, 1.54) is 42.7 Å². The van der Waals surface area contributed by atoms with Crippen molar-refractivity contribution in [2.24, 2.45) is 0 Å². The Morgan fingerprint density at radius 3 is 2.12 bits per heavy atom. The number of carbonyl (C=O) groups is 1. The molecular formula is C17H19ClN2O3S. The van der Waals surface area contributed by atoms with Gasteiger partial charge in [0.2, 0.25) is 10.0 Å². The van der Waals surface area contributed by atoms with Crippen LogP contribution in [0.2, 0.25) is 5.02 Å². The van der Waals surface area contributed by atoms with Crippen molar-refractivity contribution >= 4 is 27.5 Å². The molecule has 0 bridgehead atoms. The van der Waals surface area contributed by atoms with Crippen molar-refractivity contribution in [1.82, 2.24) is 9.62 Å². The molecule has 1 atom stereocenters. The van der Waals surface area contributed by atoms with Gasteiger partial charge in [-0.25, -0.2) is 8.42 Å². The van der Waals surface area contributed by atoms with Gasteiger partial charge in [-0.3, -0.25) is 4.79 Å². The molecule has 0 radical (unpaired) electrons. The molecule has 2 rings (SSSR count). The predicted molar refractivity (Wildman–Crippen MR) is 94.6 cm³/mol. The normalized spacial score (nSPS) is 12.9. The Kier molecular flexibility index (Phi) is 5.64. The second-order valence-corrected chi connectivity index (χ2v) is 7.79. The number of nitrogens with zero attached hydrogens (tertiary/aromatic N) is 1. The third kappa shape index (κ3) is 3.77. The number of hydrogen-bond donors (Lipinski definition) is 1. The number of sulfonamides is 1. The van der Waals surface area contributed by atoms with E-state index in [9.17, 15) is 13.2 Å². The van der Waals surface area contributed by atoms with Crippen LogP contribution in [0.15, 0.2) is 53.4 Å². The fourth-order valence-electron chi connectivity index (χ4n) is 2.25. The molecule has 0 aliphatic heterocycles. The number of nitrogens with one attached hydrogen (secondary N) is 1. The lowest BCUT2D eigenvalue weighted by Crippen LogP contribution is -2.30. The second kappa shape index (κ2) is 7.34. The number of amides is 1. The molecule has 0 aromatic heterocycles. The molecule has 0 aliphatic rings. The first kappa shape index (κ1) is 18.4. The van der Waals surface area contributed by atoms with Crippen LogP contribution in [-0.2, 0) is 10.0 Å². The Bertz CT molecular complexity index is 818.